The molecule has 3 aromatic carbocycles. The number of rotatable bonds is 5. The number of carbonyl (C=O) groups is 2. The number of aromatic nitrogens is 4. The van der Waals surface area contributed by atoms with E-state index < -0.39 is 0 Å². The fourth-order valence-corrected chi connectivity index (χ4v) is 4.30. The molecule has 0 saturated carbocycles. The monoisotopic (exact) mass is 474 g/mol. The van der Waals surface area contributed by atoms with Gasteiger partial charge in [0.1, 0.15) is 5.69 Å². The van der Waals surface area contributed by atoms with E-state index in [0.717, 1.165) is 27.5 Å². The van der Waals surface area contributed by atoms with Crippen molar-refractivity contribution in [2.45, 2.75) is 0 Å². The van der Waals surface area contributed by atoms with Crippen LogP contribution >= 0.6 is 0 Å². The molecular formula is C28H22N6O2. The molecule has 6 aromatic rings. The largest absolute Gasteiger partial charge is 0.357 e. The van der Waals surface area contributed by atoms with Crippen molar-refractivity contribution in [3.05, 3.63) is 109 Å². The third-order valence-electron chi connectivity index (χ3n) is 6.19. The van der Waals surface area contributed by atoms with E-state index in [1.165, 1.54) is 0 Å². The first-order chi connectivity index (χ1) is 17.5. The van der Waals surface area contributed by atoms with Gasteiger partial charge < -0.3 is 20.2 Å². The number of aryl methyl sites for hydroxylation is 1. The summed E-state index contributed by atoms with van der Waals surface area (Å²) in [5, 5.41) is 12.3. The van der Waals surface area contributed by atoms with E-state index >= 15 is 0 Å². The quantitative estimate of drug-likeness (QED) is 0.314. The predicted molar refractivity (Wildman–Crippen MR) is 141 cm³/mol. The van der Waals surface area contributed by atoms with E-state index in [-0.39, 0.29) is 11.8 Å². The molecule has 3 aromatic heterocycles. The first-order valence-electron chi connectivity index (χ1n) is 11.4. The van der Waals surface area contributed by atoms with Gasteiger partial charge in [0.2, 0.25) is 0 Å². The molecule has 36 heavy (non-hydrogen) atoms. The molecule has 0 radical (unpaired) electrons. The number of H-pyrrole nitrogens is 1. The number of aromatic amines is 1. The molecule has 0 unspecified atom stereocenters. The molecule has 0 aliphatic rings. The highest BCUT2D eigenvalue weighted by molar-refractivity contribution is 6.07. The highest BCUT2D eigenvalue weighted by Gasteiger charge is 2.11. The van der Waals surface area contributed by atoms with Crippen LogP contribution in [0.15, 0.2) is 97.5 Å². The summed E-state index contributed by atoms with van der Waals surface area (Å²) in [4.78, 5) is 28.0. The van der Waals surface area contributed by atoms with Crippen LogP contribution in [-0.2, 0) is 7.05 Å². The average Bonchev–Trinajstić information content (AvgIpc) is 3.65. The van der Waals surface area contributed by atoms with Crippen molar-refractivity contribution < 1.29 is 9.59 Å². The Labute approximate surface area is 206 Å². The number of carbonyl (C=O) groups excluding carboxylic acids is 2. The maximum atomic E-state index is 12.8. The second-order valence-corrected chi connectivity index (χ2v) is 8.57. The summed E-state index contributed by atoms with van der Waals surface area (Å²) < 4.78 is 3.84. The third kappa shape index (κ3) is 3.90. The van der Waals surface area contributed by atoms with Crippen molar-refractivity contribution in [1.29, 1.82) is 0 Å². The number of hydrogen-bond donors (Lipinski definition) is 3. The van der Waals surface area contributed by atoms with E-state index in [2.05, 4.69) is 20.7 Å². The molecule has 3 N–H and O–H groups in total. The Balaban J connectivity index is 1.19. The fraction of sp³-hybridized carbons (Fsp3) is 0.0357. The Morgan fingerprint density at radius 1 is 0.806 bits per heavy atom. The lowest BCUT2D eigenvalue weighted by Gasteiger charge is -2.08. The first-order valence-corrected chi connectivity index (χ1v) is 11.4. The van der Waals surface area contributed by atoms with Crippen LogP contribution in [0.4, 0.5) is 11.4 Å². The van der Waals surface area contributed by atoms with Crippen molar-refractivity contribution >= 4 is 45.0 Å². The van der Waals surface area contributed by atoms with E-state index in [4.69, 9.17) is 0 Å². The zero-order valence-corrected chi connectivity index (χ0v) is 19.4. The normalized spacial score (nSPS) is 11.1. The van der Waals surface area contributed by atoms with Crippen LogP contribution in [0.5, 0.6) is 0 Å². The smallest absolute Gasteiger partial charge is 0.272 e. The summed E-state index contributed by atoms with van der Waals surface area (Å²) >= 11 is 0. The van der Waals surface area contributed by atoms with Gasteiger partial charge in [-0.3, -0.25) is 9.59 Å². The number of benzene rings is 3. The molecule has 0 fully saturated rings. The number of anilines is 2. The molecule has 8 nitrogen and oxygen atoms in total. The van der Waals surface area contributed by atoms with Crippen LogP contribution in [0, 0.1) is 0 Å². The van der Waals surface area contributed by atoms with E-state index in [9.17, 15) is 9.59 Å². The lowest BCUT2D eigenvalue weighted by Crippen LogP contribution is -2.12. The van der Waals surface area contributed by atoms with E-state index in [0.29, 0.717) is 22.6 Å². The summed E-state index contributed by atoms with van der Waals surface area (Å²) in [6.07, 6.45) is 5.45. The second-order valence-electron chi connectivity index (χ2n) is 8.57. The van der Waals surface area contributed by atoms with Gasteiger partial charge >= 0.3 is 0 Å². The molecule has 6 rings (SSSR count). The standard InChI is InChI=1S/C28H22N6O2/c1-33-14-12-18-15-19(4-10-25(18)33)27(35)32-22-7-11-26-20(16-22)17-30-34(26)23-8-5-21(6-9-23)31-28(36)24-3-2-13-29-24/h2-17,29H,1H3,(H,31,36)(H,32,35). The molecule has 0 spiro atoms. The third-order valence-corrected chi connectivity index (χ3v) is 6.19. The van der Waals surface area contributed by atoms with E-state index in [1.54, 1.807) is 24.5 Å². The van der Waals surface area contributed by atoms with Gasteiger partial charge in [0.15, 0.2) is 0 Å². The van der Waals surface area contributed by atoms with Crippen LogP contribution in [0.25, 0.3) is 27.5 Å². The van der Waals surface area contributed by atoms with Crippen molar-refractivity contribution in [1.82, 2.24) is 19.3 Å². The SMILES string of the molecule is Cn1ccc2cc(C(=O)Nc3ccc4c(cnn4-c4ccc(NC(=O)c5ccc[nH]5)cc4)c3)ccc21. The Kier molecular flexibility index (Phi) is 5.11. The molecule has 0 bridgehead atoms. The van der Waals surface area contributed by atoms with Gasteiger partial charge in [-0.15, -0.1) is 0 Å². The molecule has 176 valence electrons. The minimum Gasteiger partial charge on any atom is -0.357 e. The van der Waals surface area contributed by atoms with Crippen LogP contribution < -0.4 is 10.6 Å². The zero-order chi connectivity index (χ0) is 24.6. The van der Waals surface area contributed by atoms with Crippen molar-refractivity contribution in [2.24, 2.45) is 7.05 Å². The number of amides is 2. The van der Waals surface area contributed by atoms with Crippen LogP contribution in [0.2, 0.25) is 0 Å². The minimum atomic E-state index is -0.199. The van der Waals surface area contributed by atoms with Gasteiger partial charge in [0, 0.05) is 52.7 Å². The molecular weight excluding hydrogens is 452 g/mol. The second kappa shape index (κ2) is 8.59. The first kappa shape index (κ1) is 21.4. The van der Waals surface area contributed by atoms with Crippen molar-refractivity contribution in [3.8, 4) is 5.69 Å². The minimum absolute atomic E-state index is 0.163. The van der Waals surface area contributed by atoms with Crippen LogP contribution in [0.1, 0.15) is 20.8 Å². The average molecular weight is 475 g/mol. The summed E-state index contributed by atoms with van der Waals surface area (Å²) in [6, 6.07) is 24.3. The van der Waals surface area contributed by atoms with Crippen molar-refractivity contribution in [2.75, 3.05) is 10.6 Å². The fourth-order valence-electron chi connectivity index (χ4n) is 4.30. The topological polar surface area (TPSA) is 96.7 Å². The lowest BCUT2D eigenvalue weighted by molar-refractivity contribution is 0.101. The zero-order valence-electron chi connectivity index (χ0n) is 19.4. The predicted octanol–water partition coefficient (Wildman–Crippen LogP) is 5.35. The number of nitrogens with one attached hydrogen (secondary N) is 3. The highest BCUT2D eigenvalue weighted by atomic mass is 16.2. The lowest BCUT2D eigenvalue weighted by atomic mass is 10.1. The van der Waals surface area contributed by atoms with Crippen LogP contribution in [-0.4, -0.2) is 31.1 Å². The van der Waals surface area contributed by atoms with Gasteiger partial charge in [-0.2, -0.15) is 5.10 Å². The molecule has 0 aliphatic heterocycles. The van der Waals surface area contributed by atoms with Gasteiger partial charge in [-0.05, 0) is 78.9 Å². The molecule has 0 aliphatic carbocycles. The van der Waals surface area contributed by atoms with Crippen LogP contribution in [0.3, 0.4) is 0 Å². The summed E-state index contributed by atoms with van der Waals surface area (Å²) in [5.41, 5.74) is 5.33. The Morgan fingerprint density at radius 3 is 2.39 bits per heavy atom. The Bertz CT molecular complexity index is 1730. The Hall–Kier alpha value is -5.11. The van der Waals surface area contributed by atoms with Gasteiger partial charge in [0.05, 0.1) is 17.4 Å². The Morgan fingerprint density at radius 2 is 1.58 bits per heavy atom. The molecule has 0 atom stereocenters. The number of nitrogens with zero attached hydrogens (tertiary/aromatic N) is 3. The van der Waals surface area contributed by atoms with Gasteiger partial charge in [-0.25, -0.2) is 4.68 Å². The van der Waals surface area contributed by atoms with Gasteiger partial charge in [-0.1, -0.05) is 0 Å². The summed E-state index contributed by atoms with van der Waals surface area (Å²) in [7, 11) is 1.98. The molecule has 3 heterocycles. The molecule has 8 heteroatoms. The molecule has 2 amide bonds. The maximum Gasteiger partial charge on any atom is 0.272 e. The van der Waals surface area contributed by atoms with Crippen molar-refractivity contribution in [3.63, 3.8) is 0 Å². The number of hydrogen-bond acceptors (Lipinski definition) is 3. The van der Waals surface area contributed by atoms with E-state index in [1.807, 2.05) is 89.2 Å². The summed E-state index contributed by atoms with van der Waals surface area (Å²) in [5.74, 6) is -0.361. The highest BCUT2D eigenvalue weighted by Crippen LogP contribution is 2.24. The van der Waals surface area contributed by atoms with Gasteiger partial charge in [0.25, 0.3) is 11.8 Å². The maximum absolute atomic E-state index is 12.8. The summed E-state index contributed by atoms with van der Waals surface area (Å²) in [6.45, 7) is 0. The molecule has 0 saturated heterocycles. The number of fused-ring (bicyclic) bond motifs is 2.